The number of para-hydroxylation sites is 1. The fraction of sp³-hybridized carbons (Fsp3) is 0.333. The van der Waals surface area contributed by atoms with E-state index in [1.807, 2.05) is 0 Å². The normalized spacial score (nSPS) is 18.8. The molecule has 1 aromatic rings. The quantitative estimate of drug-likeness (QED) is 0.888. The number of halogens is 1. The molecule has 0 aliphatic carbocycles. The van der Waals surface area contributed by atoms with Crippen LogP contribution in [0, 0.1) is 5.82 Å². The number of nitrogens with one attached hydrogen (secondary N) is 1. The van der Waals surface area contributed by atoms with Gasteiger partial charge < -0.3 is 10.2 Å². The van der Waals surface area contributed by atoms with Crippen LogP contribution in [-0.2, 0) is 9.59 Å². The van der Waals surface area contributed by atoms with Gasteiger partial charge in [-0.1, -0.05) is 12.1 Å². The summed E-state index contributed by atoms with van der Waals surface area (Å²) in [5.74, 6) is 0.0738. The third kappa shape index (κ3) is 2.64. The molecule has 1 unspecified atom stereocenters. The number of carbonyl (C=O) groups excluding carboxylic acids is 2. The summed E-state index contributed by atoms with van der Waals surface area (Å²) in [5, 5.41) is 2.52. The zero-order valence-corrected chi connectivity index (χ0v) is 10.7. The van der Waals surface area contributed by atoms with Crippen molar-refractivity contribution in [1.82, 2.24) is 4.90 Å². The van der Waals surface area contributed by atoms with E-state index in [0.29, 0.717) is 11.6 Å². The second-order valence-corrected chi connectivity index (χ2v) is 4.97. The molecule has 1 aliphatic rings. The van der Waals surface area contributed by atoms with Crippen molar-refractivity contribution < 1.29 is 14.0 Å². The standard InChI is InChI=1S/C12H13FN2O2S/c1-8(16)15-7-18-6-11(15)12(17)14-10-5-3-2-4-9(10)13/h2-5,11H,6-7H2,1H3,(H,14,17). The summed E-state index contributed by atoms with van der Waals surface area (Å²) in [6.07, 6.45) is 0. The van der Waals surface area contributed by atoms with Gasteiger partial charge in [0.15, 0.2) is 0 Å². The highest BCUT2D eigenvalue weighted by Crippen LogP contribution is 2.22. The number of carbonyl (C=O) groups is 2. The van der Waals surface area contributed by atoms with E-state index in [9.17, 15) is 14.0 Å². The molecule has 1 aromatic carbocycles. The Morgan fingerprint density at radius 3 is 2.83 bits per heavy atom. The number of anilines is 1. The lowest BCUT2D eigenvalue weighted by molar-refractivity contribution is -0.134. The number of benzene rings is 1. The van der Waals surface area contributed by atoms with Crippen LogP contribution in [0.25, 0.3) is 0 Å². The predicted molar refractivity (Wildman–Crippen MR) is 68.7 cm³/mol. The van der Waals surface area contributed by atoms with Crippen LogP contribution < -0.4 is 5.32 Å². The van der Waals surface area contributed by atoms with Gasteiger partial charge in [0.1, 0.15) is 11.9 Å². The number of hydrogen-bond acceptors (Lipinski definition) is 3. The molecule has 0 saturated carbocycles. The third-order valence-electron chi connectivity index (χ3n) is 2.72. The molecule has 1 aliphatic heterocycles. The molecule has 1 atom stereocenters. The second-order valence-electron chi connectivity index (χ2n) is 3.97. The van der Waals surface area contributed by atoms with Crippen molar-refractivity contribution in [1.29, 1.82) is 0 Å². The topological polar surface area (TPSA) is 49.4 Å². The Morgan fingerprint density at radius 1 is 1.44 bits per heavy atom. The van der Waals surface area contributed by atoms with Gasteiger partial charge in [0.2, 0.25) is 11.8 Å². The lowest BCUT2D eigenvalue weighted by atomic mass is 10.2. The van der Waals surface area contributed by atoms with E-state index in [2.05, 4.69) is 5.32 Å². The molecular weight excluding hydrogens is 255 g/mol. The Hall–Kier alpha value is -1.56. The van der Waals surface area contributed by atoms with Gasteiger partial charge in [-0.3, -0.25) is 9.59 Å². The van der Waals surface area contributed by atoms with Gasteiger partial charge in [0, 0.05) is 12.7 Å². The van der Waals surface area contributed by atoms with E-state index in [4.69, 9.17) is 0 Å². The Labute approximate surface area is 109 Å². The zero-order chi connectivity index (χ0) is 13.1. The first-order valence-corrected chi connectivity index (χ1v) is 6.65. The number of amides is 2. The average Bonchev–Trinajstić information content (AvgIpc) is 2.81. The summed E-state index contributed by atoms with van der Waals surface area (Å²) in [7, 11) is 0. The molecule has 1 saturated heterocycles. The highest BCUT2D eigenvalue weighted by Gasteiger charge is 2.33. The molecule has 2 rings (SSSR count). The summed E-state index contributed by atoms with van der Waals surface area (Å²) < 4.78 is 13.4. The zero-order valence-electron chi connectivity index (χ0n) is 9.85. The maximum atomic E-state index is 13.4. The van der Waals surface area contributed by atoms with Gasteiger partial charge in [-0.05, 0) is 12.1 Å². The highest BCUT2D eigenvalue weighted by atomic mass is 32.2. The van der Waals surface area contributed by atoms with Crippen molar-refractivity contribution in [3.63, 3.8) is 0 Å². The van der Waals surface area contributed by atoms with Crippen molar-refractivity contribution in [3.8, 4) is 0 Å². The average molecular weight is 268 g/mol. The van der Waals surface area contributed by atoms with Crippen molar-refractivity contribution in [2.45, 2.75) is 13.0 Å². The monoisotopic (exact) mass is 268 g/mol. The molecule has 0 spiro atoms. The lowest BCUT2D eigenvalue weighted by Crippen LogP contribution is -2.43. The fourth-order valence-corrected chi connectivity index (χ4v) is 2.97. The van der Waals surface area contributed by atoms with E-state index in [1.54, 1.807) is 12.1 Å². The molecule has 0 bridgehead atoms. The molecule has 6 heteroatoms. The highest BCUT2D eigenvalue weighted by molar-refractivity contribution is 7.99. The molecule has 1 fully saturated rings. The van der Waals surface area contributed by atoms with Crippen molar-refractivity contribution in [3.05, 3.63) is 30.1 Å². The first-order chi connectivity index (χ1) is 8.59. The molecule has 0 radical (unpaired) electrons. The minimum absolute atomic E-state index is 0.142. The molecule has 1 heterocycles. The van der Waals surface area contributed by atoms with Crippen LogP contribution in [0.3, 0.4) is 0 Å². The van der Waals surface area contributed by atoms with Gasteiger partial charge in [-0.2, -0.15) is 0 Å². The molecule has 2 amide bonds. The lowest BCUT2D eigenvalue weighted by Gasteiger charge is -2.21. The van der Waals surface area contributed by atoms with Gasteiger partial charge in [0.25, 0.3) is 0 Å². The van der Waals surface area contributed by atoms with Crippen molar-refractivity contribution >= 4 is 29.3 Å². The first kappa shape index (κ1) is 12.9. The SMILES string of the molecule is CC(=O)N1CSCC1C(=O)Nc1ccccc1F. The van der Waals surface area contributed by atoms with Gasteiger partial charge in [-0.25, -0.2) is 4.39 Å². The number of rotatable bonds is 2. The second kappa shape index (κ2) is 5.39. The van der Waals surface area contributed by atoms with Crippen LogP contribution in [0.5, 0.6) is 0 Å². The summed E-state index contributed by atoms with van der Waals surface area (Å²) in [4.78, 5) is 24.8. The van der Waals surface area contributed by atoms with E-state index < -0.39 is 11.9 Å². The first-order valence-electron chi connectivity index (χ1n) is 5.50. The van der Waals surface area contributed by atoms with Gasteiger partial charge in [0.05, 0.1) is 11.6 Å². The minimum Gasteiger partial charge on any atom is -0.322 e. The molecule has 0 aromatic heterocycles. The van der Waals surface area contributed by atoms with Crippen LogP contribution in [0.2, 0.25) is 0 Å². The number of thioether (sulfide) groups is 1. The van der Waals surface area contributed by atoms with E-state index in [0.717, 1.165) is 0 Å². The number of nitrogens with zero attached hydrogens (tertiary/aromatic N) is 1. The van der Waals surface area contributed by atoms with Crippen LogP contribution in [0.1, 0.15) is 6.92 Å². The summed E-state index contributed by atoms with van der Waals surface area (Å²) in [6.45, 7) is 1.43. The molecule has 18 heavy (non-hydrogen) atoms. The van der Waals surface area contributed by atoms with Gasteiger partial charge in [-0.15, -0.1) is 11.8 Å². The molecular formula is C12H13FN2O2S. The molecule has 4 nitrogen and oxygen atoms in total. The van der Waals surface area contributed by atoms with Crippen LogP contribution in [-0.4, -0.2) is 34.4 Å². The smallest absolute Gasteiger partial charge is 0.248 e. The predicted octanol–water partition coefficient (Wildman–Crippen LogP) is 1.69. The third-order valence-corrected chi connectivity index (χ3v) is 3.73. The van der Waals surface area contributed by atoms with Crippen LogP contribution in [0.15, 0.2) is 24.3 Å². The van der Waals surface area contributed by atoms with Crippen molar-refractivity contribution in [2.24, 2.45) is 0 Å². The Kier molecular flexibility index (Phi) is 3.86. The van der Waals surface area contributed by atoms with Crippen LogP contribution >= 0.6 is 11.8 Å². The Balaban J connectivity index is 2.08. The summed E-state index contributed by atoms with van der Waals surface area (Å²) in [6, 6.07) is 5.45. The van der Waals surface area contributed by atoms with Crippen molar-refractivity contribution in [2.75, 3.05) is 16.9 Å². The Morgan fingerprint density at radius 2 is 2.17 bits per heavy atom. The molecule has 1 N–H and O–H groups in total. The largest absolute Gasteiger partial charge is 0.322 e. The summed E-state index contributed by atoms with van der Waals surface area (Å²) in [5.41, 5.74) is 0.142. The maximum absolute atomic E-state index is 13.4. The van der Waals surface area contributed by atoms with E-state index in [-0.39, 0.29) is 17.5 Å². The number of hydrogen-bond donors (Lipinski definition) is 1. The minimum atomic E-state index is -0.521. The maximum Gasteiger partial charge on any atom is 0.248 e. The van der Waals surface area contributed by atoms with Crippen LogP contribution in [0.4, 0.5) is 10.1 Å². The summed E-state index contributed by atoms with van der Waals surface area (Å²) >= 11 is 1.51. The fourth-order valence-electron chi connectivity index (χ4n) is 1.75. The van der Waals surface area contributed by atoms with E-state index in [1.165, 1.54) is 35.7 Å². The molecule has 96 valence electrons. The Bertz CT molecular complexity index is 481. The van der Waals surface area contributed by atoms with Gasteiger partial charge >= 0.3 is 0 Å². The van der Waals surface area contributed by atoms with E-state index >= 15 is 0 Å².